The molecule has 1 saturated carbocycles. The van der Waals surface area contributed by atoms with Gasteiger partial charge < -0.3 is 19.5 Å². The van der Waals surface area contributed by atoms with E-state index < -0.39 is 30.8 Å². The Hall–Kier alpha value is -3.64. The van der Waals surface area contributed by atoms with Gasteiger partial charge in [-0.2, -0.15) is 0 Å². The predicted octanol–water partition coefficient (Wildman–Crippen LogP) is 3.99. The fourth-order valence-corrected chi connectivity index (χ4v) is 3.73. The second-order valence-electron chi connectivity index (χ2n) is 9.21. The highest BCUT2D eigenvalue weighted by atomic mass is 19.3. The van der Waals surface area contributed by atoms with E-state index in [4.69, 9.17) is 14.2 Å². The summed E-state index contributed by atoms with van der Waals surface area (Å²) in [5.74, 6) is 0.163. The summed E-state index contributed by atoms with van der Waals surface area (Å²) in [4.78, 5) is 42.8. The summed E-state index contributed by atoms with van der Waals surface area (Å²) in [6.45, 7) is 4.31. The summed E-state index contributed by atoms with van der Waals surface area (Å²) >= 11 is 0. The molecule has 3 rings (SSSR count). The van der Waals surface area contributed by atoms with Crippen LogP contribution in [0.2, 0.25) is 0 Å². The number of hydrogen-bond donors (Lipinski definition) is 1. The Morgan fingerprint density at radius 1 is 1.06 bits per heavy atom. The molecule has 11 nitrogen and oxygen atoms in total. The number of nitrogens with one attached hydrogen (secondary N) is 1. The van der Waals surface area contributed by atoms with Crippen molar-refractivity contribution >= 4 is 18.0 Å². The van der Waals surface area contributed by atoms with Gasteiger partial charge in [0.2, 0.25) is 0 Å². The maximum absolute atomic E-state index is 12.8. The maximum atomic E-state index is 12.8. The molecule has 0 atom stereocenters. The Morgan fingerprint density at radius 2 is 1.72 bits per heavy atom. The molecule has 0 bridgehead atoms. The Kier molecular flexibility index (Phi) is 8.88. The fraction of sp³-hybridized carbons (Fsp3) is 0.565. The van der Waals surface area contributed by atoms with Crippen LogP contribution in [0.4, 0.5) is 24.2 Å². The van der Waals surface area contributed by atoms with Gasteiger partial charge in [0.25, 0.3) is 6.43 Å². The maximum Gasteiger partial charge on any atom is 0.415 e. The van der Waals surface area contributed by atoms with Crippen LogP contribution in [0.5, 0.6) is 6.01 Å². The van der Waals surface area contributed by atoms with Crippen molar-refractivity contribution in [3.05, 3.63) is 24.8 Å². The largest absolute Gasteiger partial charge is 0.467 e. The number of nitrogens with zero attached hydrogens (tertiary/aromatic N) is 5. The van der Waals surface area contributed by atoms with Crippen molar-refractivity contribution in [2.75, 3.05) is 18.6 Å². The second-order valence-corrected chi connectivity index (χ2v) is 9.21. The molecule has 36 heavy (non-hydrogen) atoms. The fourth-order valence-electron chi connectivity index (χ4n) is 3.73. The van der Waals surface area contributed by atoms with Gasteiger partial charge in [-0.1, -0.05) is 0 Å². The molecule has 13 heteroatoms. The van der Waals surface area contributed by atoms with Crippen LogP contribution in [0.1, 0.15) is 46.5 Å². The van der Waals surface area contributed by atoms with Crippen molar-refractivity contribution in [3.63, 3.8) is 0 Å². The Bertz CT molecular complexity index is 1010. The number of aromatic nitrogens is 4. The molecule has 1 N–H and O–H groups in total. The van der Waals surface area contributed by atoms with Crippen LogP contribution in [-0.4, -0.2) is 69.9 Å². The predicted molar refractivity (Wildman–Crippen MR) is 125 cm³/mol. The number of anilines is 1. The molecule has 0 aromatic carbocycles. The highest BCUT2D eigenvalue weighted by Gasteiger charge is 2.33. The van der Waals surface area contributed by atoms with E-state index in [-0.39, 0.29) is 23.9 Å². The Labute approximate surface area is 207 Å². The zero-order valence-electron chi connectivity index (χ0n) is 20.6. The SMILES string of the molecule is COc1ncc(-c2cnc(N(C(=O)OCC(F)F)C3CCC(NC(=O)OC(C)(C)C)CC3)cn2)cn1. The summed E-state index contributed by atoms with van der Waals surface area (Å²) in [5, 5.41) is 2.83. The van der Waals surface area contributed by atoms with E-state index in [0.717, 1.165) is 0 Å². The standard InChI is InChI=1S/C23H30F2N6O5/c1-23(2,3)36-21(32)30-15-5-7-16(8-6-15)31(22(33)35-13-18(24)25)19-12-26-17(11-27-19)14-9-28-20(34-4)29-10-14/h9-12,15-16,18H,5-8,13H2,1-4H3,(H,30,32). The van der Waals surface area contributed by atoms with Gasteiger partial charge in [-0.05, 0) is 46.5 Å². The second kappa shape index (κ2) is 11.9. The van der Waals surface area contributed by atoms with Crippen LogP contribution in [0.15, 0.2) is 24.8 Å². The molecule has 2 heterocycles. The average molecular weight is 509 g/mol. The first kappa shape index (κ1) is 27.0. The number of alkyl halides is 2. The number of ether oxygens (including phenoxy) is 3. The highest BCUT2D eigenvalue weighted by molar-refractivity contribution is 5.87. The molecular weight excluding hydrogens is 478 g/mol. The Morgan fingerprint density at radius 3 is 2.25 bits per heavy atom. The van der Waals surface area contributed by atoms with Crippen LogP contribution in [0, 0.1) is 0 Å². The molecule has 1 aliphatic rings. The lowest BCUT2D eigenvalue weighted by molar-refractivity contribution is 0.0477. The van der Waals surface area contributed by atoms with Gasteiger partial charge in [0.1, 0.15) is 5.60 Å². The normalized spacial score (nSPS) is 17.9. The summed E-state index contributed by atoms with van der Waals surface area (Å²) in [6.07, 6.45) is 3.67. The van der Waals surface area contributed by atoms with E-state index in [1.807, 2.05) is 0 Å². The average Bonchev–Trinajstić information content (AvgIpc) is 2.83. The third-order valence-corrected chi connectivity index (χ3v) is 5.30. The van der Waals surface area contributed by atoms with Gasteiger partial charge in [0.15, 0.2) is 12.4 Å². The Balaban J connectivity index is 1.71. The van der Waals surface area contributed by atoms with Crippen molar-refractivity contribution in [1.29, 1.82) is 0 Å². The van der Waals surface area contributed by atoms with Gasteiger partial charge >= 0.3 is 18.2 Å². The zero-order chi connectivity index (χ0) is 26.3. The molecule has 1 fully saturated rings. The van der Waals surface area contributed by atoms with Crippen molar-refractivity contribution in [1.82, 2.24) is 25.3 Å². The first-order valence-corrected chi connectivity index (χ1v) is 11.5. The summed E-state index contributed by atoms with van der Waals surface area (Å²) in [7, 11) is 1.45. The molecule has 0 spiro atoms. The molecule has 0 saturated heterocycles. The molecule has 1 aliphatic carbocycles. The molecule has 0 aliphatic heterocycles. The molecule has 2 aromatic rings. The minimum Gasteiger partial charge on any atom is -0.467 e. The van der Waals surface area contributed by atoms with Crippen molar-refractivity contribution in [2.45, 2.75) is 70.6 Å². The number of halogens is 2. The lowest BCUT2D eigenvalue weighted by atomic mass is 9.90. The van der Waals surface area contributed by atoms with Crippen LogP contribution in [-0.2, 0) is 9.47 Å². The van der Waals surface area contributed by atoms with E-state index >= 15 is 0 Å². The third-order valence-electron chi connectivity index (χ3n) is 5.30. The molecule has 0 unspecified atom stereocenters. The molecule has 2 aromatic heterocycles. The number of rotatable bonds is 7. The van der Waals surface area contributed by atoms with Gasteiger partial charge in [0, 0.05) is 30.0 Å². The topological polar surface area (TPSA) is 129 Å². The number of methoxy groups -OCH3 is 1. The lowest BCUT2D eigenvalue weighted by Gasteiger charge is -2.35. The van der Waals surface area contributed by atoms with Crippen LogP contribution in [0.3, 0.4) is 0 Å². The van der Waals surface area contributed by atoms with Gasteiger partial charge in [-0.3, -0.25) is 9.88 Å². The van der Waals surface area contributed by atoms with Crippen LogP contribution in [0.25, 0.3) is 11.3 Å². The quantitative estimate of drug-likeness (QED) is 0.590. The van der Waals surface area contributed by atoms with Gasteiger partial charge in [0.05, 0.1) is 25.2 Å². The summed E-state index contributed by atoms with van der Waals surface area (Å²) in [6, 6.07) is -0.317. The smallest absolute Gasteiger partial charge is 0.415 e. The number of carbonyl (C=O) groups excluding carboxylic acids is 2. The van der Waals surface area contributed by atoms with E-state index in [1.54, 1.807) is 20.8 Å². The minimum absolute atomic E-state index is 0.140. The monoisotopic (exact) mass is 508 g/mol. The van der Waals surface area contributed by atoms with Crippen LogP contribution < -0.4 is 15.0 Å². The van der Waals surface area contributed by atoms with E-state index in [9.17, 15) is 18.4 Å². The third kappa shape index (κ3) is 7.68. The molecule has 196 valence electrons. The van der Waals surface area contributed by atoms with Crippen molar-refractivity contribution in [2.24, 2.45) is 0 Å². The van der Waals surface area contributed by atoms with Gasteiger partial charge in [-0.25, -0.2) is 33.3 Å². The van der Waals surface area contributed by atoms with E-state index in [0.29, 0.717) is 36.9 Å². The van der Waals surface area contributed by atoms with Crippen LogP contribution >= 0.6 is 0 Å². The summed E-state index contributed by atoms with van der Waals surface area (Å²) < 4.78 is 40.4. The summed E-state index contributed by atoms with van der Waals surface area (Å²) in [5.41, 5.74) is 0.415. The van der Waals surface area contributed by atoms with Crippen molar-refractivity contribution < 1.29 is 32.6 Å². The highest BCUT2D eigenvalue weighted by Crippen LogP contribution is 2.28. The zero-order valence-corrected chi connectivity index (χ0v) is 20.6. The molecular formula is C23H30F2N6O5. The number of carbonyl (C=O) groups is 2. The van der Waals surface area contributed by atoms with Gasteiger partial charge in [-0.15, -0.1) is 0 Å². The first-order chi connectivity index (χ1) is 17.1. The number of amides is 2. The number of alkyl carbamates (subject to hydrolysis) is 1. The number of hydrogen-bond acceptors (Lipinski definition) is 9. The first-order valence-electron chi connectivity index (χ1n) is 11.5. The van der Waals surface area contributed by atoms with E-state index in [2.05, 4.69) is 25.3 Å². The van der Waals surface area contributed by atoms with E-state index in [1.165, 1.54) is 36.8 Å². The van der Waals surface area contributed by atoms with Crippen molar-refractivity contribution in [3.8, 4) is 17.3 Å². The lowest BCUT2D eigenvalue weighted by Crippen LogP contribution is -2.48. The molecule has 0 radical (unpaired) electrons. The molecule has 2 amide bonds. The minimum atomic E-state index is -2.80.